The Bertz CT molecular complexity index is 463. The minimum Gasteiger partial charge on any atom is -0.465 e. The molecule has 0 aliphatic heterocycles. The third-order valence-corrected chi connectivity index (χ3v) is 2.71. The Hall–Kier alpha value is -1.86. The molecule has 1 rings (SSSR count). The number of esters is 1. The first kappa shape index (κ1) is 14.2. The van der Waals surface area contributed by atoms with Gasteiger partial charge >= 0.3 is 5.97 Å². The molecule has 1 N–H and O–H groups in total. The lowest BCUT2D eigenvalue weighted by Gasteiger charge is -2.13. The van der Waals surface area contributed by atoms with Crippen LogP contribution in [0.3, 0.4) is 0 Å². The molecule has 18 heavy (non-hydrogen) atoms. The largest absolute Gasteiger partial charge is 0.465 e. The van der Waals surface area contributed by atoms with Crippen molar-refractivity contribution in [1.29, 1.82) is 5.26 Å². The predicted octanol–water partition coefficient (Wildman–Crippen LogP) is 1.91. The first-order valence-electron chi connectivity index (χ1n) is 5.98. The van der Waals surface area contributed by atoms with E-state index in [1.165, 1.54) is 0 Å². The van der Waals surface area contributed by atoms with Gasteiger partial charge in [0.05, 0.1) is 18.2 Å². The number of carbonyl (C=O) groups is 1. The summed E-state index contributed by atoms with van der Waals surface area (Å²) in [5.41, 5.74) is 2.76. The SMILES string of the molecule is CCOC(=O)C(C)NCc1ccc(C#N)cc1C. The number of nitrogens with zero attached hydrogens (tertiary/aromatic N) is 1. The molecule has 0 bridgehead atoms. The first-order valence-corrected chi connectivity index (χ1v) is 5.98. The highest BCUT2D eigenvalue weighted by Crippen LogP contribution is 2.10. The highest BCUT2D eigenvalue weighted by atomic mass is 16.5. The fourth-order valence-electron chi connectivity index (χ4n) is 1.58. The van der Waals surface area contributed by atoms with E-state index in [0.29, 0.717) is 18.7 Å². The van der Waals surface area contributed by atoms with Crippen molar-refractivity contribution in [1.82, 2.24) is 5.32 Å². The van der Waals surface area contributed by atoms with Gasteiger partial charge in [0.25, 0.3) is 0 Å². The lowest BCUT2D eigenvalue weighted by molar-refractivity contribution is -0.145. The van der Waals surface area contributed by atoms with E-state index in [2.05, 4.69) is 11.4 Å². The molecular weight excluding hydrogens is 228 g/mol. The second-order valence-electron chi connectivity index (χ2n) is 4.11. The molecule has 0 radical (unpaired) electrons. The molecule has 4 heteroatoms. The van der Waals surface area contributed by atoms with Crippen LogP contribution in [0.15, 0.2) is 18.2 Å². The van der Waals surface area contributed by atoms with E-state index in [4.69, 9.17) is 10.00 Å². The fourth-order valence-corrected chi connectivity index (χ4v) is 1.58. The third-order valence-electron chi connectivity index (χ3n) is 2.71. The second kappa shape index (κ2) is 6.77. The summed E-state index contributed by atoms with van der Waals surface area (Å²) < 4.78 is 4.91. The zero-order chi connectivity index (χ0) is 13.5. The summed E-state index contributed by atoms with van der Waals surface area (Å²) in [5, 5.41) is 11.9. The Morgan fingerprint density at radius 1 is 1.56 bits per heavy atom. The van der Waals surface area contributed by atoms with Crippen molar-refractivity contribution in [3.63, 3.8) is 0 Å². The van der Waals surface area contributed by atoms with Gasteiger partial charge in [0.15, 0.2) is 0 Å². The molecule has 0 spiro atoms. The summed E-state index contributed by atoms with van der Waals surface area (Å²) in [6.45, 7) is 6.48. The van der Waals surface area contributed by atoms with Crippen molar-refractivity contribution in [2.75, 3.05) is 6.61 Å². The number of carbonyl (C=O) groups excluding carboxylic acids is 1. The summed E-state index contributed by atoms with van der Waals surface area (Å²) in [6, 6.07) is 7.28. The fraction of sp³-hybridized carbons (Fsp3) is 0.429. The van der Waals surface area contributed by atoms with Crippen LogP contribution in [0.5, 0.6) is 0 Å². The lowest BCUT2D eigenvalue weighted by Crippen LogP contribution is -2.35. The van der Waals surface area contributed by atoms with Gasteiger partial charge in [0.1, 0.15) is 6.04 Å². The van der Waals surface area contributed by atoms with Crippen LogP contribution >= 0.6 is 0 Å². The maximum Gasteiger partial charge on any atom is 0.322 e. The molecule has 96 valence electrons. The number of rotatable bonds is 5. The minimum absolute atomic E-state index is 0.246. The Balaban J connectivity index is 2.59. The third kappa shape index (κ3) is 3.86. The van der Waals surface area contributed by atoms with E-state index in [1.807, 2.05) is 19.1 Å². The van der Waals surface area contributed by atoms with Crippen molar-refractivity contribution < 1.29 is 9.53 Å². The molecule has 0 aliphatic rings. The number of nitrogens with one attached hydrogen (secondary N) is 1. The number of ether oxygens (including phenoxy) is 1. The van der Waals surface area contributed by atoms with Gasteiger partial charge in [-0.1, -0.05) is 6.07 Å². The van der Waals surface area contributed by atoms with E-state index in [9.17, 15) is 4.79 Å². The van der Waals surface area contributed by atoms with Gasteiger partial charge in [-0.05, 0) is 44.0 Å². The molecule has 1 aromatic carbocycles. The van der Waals surface area contributed by atoms with E-state index in [1.54, 1.807) is 19.9 Å². The Labute approximate surface area is 108 Å². The number of hydrogen-bond acceptors (Lipinski definition) is 4. The van der Waals surface area contributed by atoms with Crippen LogP contribution < -0.4 is 5.32 Å². The molecule has 0 saturated carbocycles. The van der Waals surface area contributed by atoms with Gasteiger partial charge in [0.2, 0.25) is 0 Å². The van der Waals surface area contributed by atoms with Crippen molar-refractivity contribution in [2.24, 2.45) is 0 Å². The molecule has 0 saturated heterocycles. The van der Waals surface area contributed by atoms with Crippen molar-refractivity contribution in [3.05, 3.63) is 34.9 Å². The molecule has 0 amide bonds. The van der Waals surface area contributed by atoms with Gasteiger partial charge in [-0.2, -0.15) is 5.26 Å². The molecule has 0 fully saturated rings. The second-order valence-corrected chi connectivity index (χ2v) is 4.11. The molecule has 0 aliphatic carbocycles. The zero-order valence-electron chi connectivity index (χ0n) is 11.0. The Kier molecular flexibility index (Phi) is 5.34. The van der Waals surface area contributed by atoms with Crippen LogP contribution in [0.25, 0.3) is 0 Å². The van der Waals surface area contributed by atoms with Gasteiger partial charge in [-0.25, -0.2) is 0 Å². The first-order chi connectivity index (χ1) is 8.58. The Morgan fingerprint density at radius 3 is 2.83 bits per heavy atom. The van der Waals surface area contributed by atoms with Crippen LogP contribution in [0.4, 0.5) is 0 Å². The highest BCUT2D eigenvalue weighted by molar-refractivity contribution is 5.75. The predicted molar refractivity (Wildman–Crippen MR) is 68.8 cm³/mol. The minimum atomic E-state index is -0.333. The molecular formula is C14H18N2O2. The quantitative estimate of drug-likeness (QED) is 0.806. The lowest BCUT2D eigenvalue weighted by atomic mass is 10.1. The van der Waals surface area contributed by atoms with E-state index < -0.39 is 0 Å². The molecule has 1 atom stereocenters. The summed E-state index contributed by atoms with van der Waals surface area (Å²) >= 11 is 0. The topological polar surface area (TPSA) is 62.1 Å². The van der Waals surface area contributed by atoms with Gasteiger partial charge < -0.3 is 10.1 Å². The van der Waals surface area contributed by atoms with E-state index >= 15 is 0 Å². The summed E-state index contributed by atoms with van der Waals surface area (Å²) in [6.07, 6.45) is 0. The smallest absolute Gasteiger partial charge is 0.322 e. The number of benzene rings is 1. The zero-order valence-corrected chi connectivity index (χ0v) is 11.0. The van der Waals surface area contributed by atoms with Crippen LogP contribution in [0, 0.1) is 18.3 Å². The Morgan fingerprint density at radius 2 is 2.28 bits per heavy atom. The monoisotopic (exact) mass is 246 g/mol. The standard InChI is InChI=1S/C14H18N2O2/c1-4-18-14(17)11(3)16-9-13-6-5-12(8-15)7-10(13)2/h5-7,11,16H,4,9H2,1-3H3. The summed E-state index contributed by atoms with van der Waals surface area (Å²) in [7, 11) is 0. The molecule has 4 nitrogen and oxygen atoms in total. The van der Waals surface area contributed by atoms with Gasteiger partial charge in [-0.3, -0.25) is 4.79 Å². The van der Waals surface area contributed by atoms with Crippen LogP contribution in [-0.4, -0.2) is 18.6 Å². The van der Waals surface area contributed by atoms with Crippen molar-refractivity contribution in [3.8, 4) is 6.07 Å². The maximum atomic E-state index is 11.4. The number of nitriles is 1. The van der Waals surface area contributed by atoms with E-state index in [-0.39, 0.29) is 12.0 Å². The van der Waals surface area contributed by atoms with Gasteiger partial charge in [-0.15, -0.1) is 0 Å². The molecule has 0 heterocycles. The number of aryl methyl sites for hydroxylation is 1. The van der Waals surface area contributed by atoms with Crippen molar-refractivity contribution in [2.45, 2.75) is 33.4 Å². The van der Waals surface area contributed by atoms with Crippen LogP contribution in [0.2, 0.25) is 0 Å². The maximum absolute atomic E-state index is 11.4. The summed E-state index contributed by atoms with van der Waals surface area (Å²) in [5.74, 6) is -0.246. The van der Waals surface area contributed by atoms with Gasteiger partial charge in [0, 0.05) is 6.54 Å². The van der Waals surface area contributed by atoms with Crippen molar-refractivity contribution >= 4 is 5.97 Å². The summed E-state index contributed by atoms with van der Waals surface area (Å²) in [4.78, 5) is 11.4. The normalized spacial score (nSPS) is 11.7. The molecule has 1 aromatic rings. The molecule has 0 aromatic heterocycles. The average Bonchev–Trinajstić information content (AvgIpc) is 2.37. The molecule has 1 unspecified atom stereocenters. The van der Waals surface area contributed by atoms with E-state index in [0.717, 1.165) is 11.1 Å². The highest BCUT2D eigenvalue weighted by Gasteiger charge is 2.13. The van der Waals surface area contributed by atoms with Crippen LogP contribution in [-0.2, 0) is 16.1 Å². The average molecular weight is 246 g/mol. The van der Waals surface area contributed by atoms with Crippen LogP contribution in [0.1, 0.15) is 30.5 Å². The number of hydrogen-bond donors (Lipinski definition) is 1.